The Morgan fingerprint density at radius 2 is 2.05 bits per heavy atom. The average Bonchev–Trinajstić information content (AvgIpc) is 2.60. The monoisotopic (exact) mass is 298 g/mol. The number of allylic oxidation sites excluding steroid dienone is 2. The molecule has 3 rings (SSSR count). The fourth-order valence-electron chi connectivity index (χ4n) is 2.66. The molecule has 5 heteroatoms. The van der Waals surface area contributed by atoms with E-state index in [1.165, 1.54) is 0 Å². The van der Waals surface area contributed by atoms with Crippen LogP contribution in [0.25, 0.3) is 0 Å². The van der Waals surface area contributed by atoms with Crippen LogP contribution in [0, 0.1) is 5.92 Å². The number of fused-ring (bicyclic) bond motifs is 1. The summed E-state index contributed by atoms with van der Waals surface area (Å²) in [5.41, 5.74) is 0.623. The van der Waals surface area contributed by atoms with E-state index in [1.807, 2.05) is 29.3 Å². The van der Waals surface area contributed by atoms with Crippen molar-refractivity contribution in [3.8, 4) is 11.5 Å². The largest absolute Gasteiger partial charge is 0.493 e. The van der Waals surface area contributed by atoms with Gasteiger partial charge in [-0.15, -0.1) is 0 Å². The van der Waals surface area contributed by atoms with Crippen LogP contribution in [0.4, 0.5) is 0 Å². The average molecular weight is 298 g/mol. The Hall–Kier alpha value is -2.56. The Bertz CT molecular complexity index is 676. The van der Waals surface area contributed by atoms with Crippen LogP contribution < -0.4 is 9.47 Å². The van der Waals surface area contributed by atoms with Gasteiger partial charge >= 0.3 is 0 Å². The molecule has 2 heterocycles. The van der Waals surface area contributed by atoms with Crippen LogP contribution >= 0.6 is 0 Å². The molecule has 0 aliphatic carbocycles. The second-order valence-corrected chi connectivity index (χ2v) is 5.18. The fraction of sp³-hybridized carbons (Fsp3) is 0.294. The van der Waals surface area contributed by atoms with Crippen molar-refractivity contribution in [3.05, 3.63) is 48.2 Å². The maximum absolute atomic E-state index is 12.7. The highest BCUT2D eigenvalue weighted by Gasteiger charge is 2.27. The van der Waals surface area contributed by atoms with E-state index in [-0.39, 0.29) is 11.7 Å². The zero-order valence-electron chi connectivity index (χ0n) is 12.7. The molecule has 0 bridgehead atoms. The molecule has 0 N–H and O–H groups in total. The van der Waals surface area contributed by atoms with E-state index in [9.17, 15) is 4.79 Å². The number of hydrogen-bond donors (Lipinski definition) is 0. The van der Waals surface area contributed by atoms with Gasteiger partial charge in [-0.2, -0.15) is 0 Å². The number of amidine groups is 1. The molecule has 0 spiro atoms. The maximum Gasteiger partial charge on any atom is 0.169 e. The van der Waals surface area contributed by atoms with Gasteiger partial charge in [0.1, 0.15) is 5.84 Å². The lowest BCUT2D eigenvalue weighted by Gasteiger charge is -2.30. The van der Waals surface area contributed by atoms with E-state index in [2.05, 4.69) is 4.99 Å². The first-order valence-corrected chi connectivity index (χ1v) is 7.15. The molecule has 2 aliphatic rings. The number of ether oxygens (including phenoxy) is 2. The smallest absolute Gasteiger partial charge is 0.169 e. The molecule has 5 nitrogen and oxygen atoms in total. The minimum atomic E-state index is -0.155. The van der Waals surface area contributed by atoms with Gasteiger partial charge in [0.15, 0.2) is 17.3 Å². The molecule has 0 amide bonds. The molecular formula is C17H18N2O3. The Morgan fingerprint density at radius 1 is 1.23 bits per heavy atom. The zero-order valence-corrected chi connectivity index (χ0v) is 12.7. The van der Waals surface area contributed by atoms with Crippen LogP contribution in [0.2, 0.25) is 0 Å². The molecule has 0 saturated carbocycles. The highest BCUT2D eigenvalue weighted by atomic mass is 16.5. The highest BCUT2D eigenvalue weighted by molar-refractivity contribution is 6.01. The van der Waals surface area contributed by atoms with Crippen molar-refractivity contribution in [2.45, 2.75) is 0 Å². The Kier molecular flexibility index (Phi) is 3.96. The quantitative estimate of drug-likeness (QED) is 0.800. The number of carbonyl (C=O) groups is 1. The summed E-state index contributed by atoms with van der Waals surface area (Å²) in [6.45, 7) is 1.16. The third-order valence-corrected chi connectivity index (χ3v) is 3.85. The summed E-state index contributed by atoms with van der Waals surface area (Å²) in [7, 11) is 3.14. The zero-order chi connectivity index (χ0) is 15.5. The fourth-order valence-corrected chi connectivity index (χ4v) is 2.66. The lowest BCUT2D eigenvalue weighted by atomic mass is 9.95. The van der Waals surface area contributed by atoms with Gasteiger partial charge in [0.25, 0.3) is 0 Å². The van der Waals surface area contributed by atoms with Crippen molar-refractivity contribution < 1.29 is 14.3 Å². The summed E-state index contributed by atoms with van der Waals surface area (Å²) in [5, 5.41) is 0. The van der Waals surface area contributed by atoms with E-state index >= 15 is 0 Å². The van der Waals surface area contributed by atoms with Crippen LogP contribution in [0.1, 0.15) is 10.4 Å². The molecule has 0 saturated heterocycles. The number of aliphatic imine (C=N–C) groups is 1. The van der Waals surface area contributed by atoms with E-state index < -0.39 is 0 Å². The predicted molar refractivity (Wildman–Crippen MR) is 84.7 cm³/mol. The van der Waals surface area contributed by atoms with Crippen molar-refractivity contribution in [3.63, 3.8) is 0 Å². The Morgan fingerprint density at radius 3 is 2.82 bits per heavy atom. The third-order valence-electron chi connectivity index (χ3n) is 3.85. The molecule has 0 aromatic heterocycles. The Balaban J connectivity index is 1.81. The first-order chi connectivity index (χ1) is 10.7. The molecule has 114 valence electrons. The van der Waals surface area contributed by atoms with Gasteiger partial charge in [-0.1, -0.05) is 6.08 Å². The SMILES string of the molecule is COc1ccc(C(=O)C2CN=C3C=CC=CN3C2)cc1OC. The number of nitrogens with zero attached hydrogens (tertiary/aromatic N) is 2. The van der Waals surface area contributed by atoms with Gasteiger partial charge in [0.2, 0.25) is 0 Å². The van der Waals surface area contributed by atoms with Gasteiger partial charge in [-0.3, -0.25) is 9.79 Å². The molecule has 0 fully saturated rings. The first-order valence-electron chi connectivity index (χ1n) is 7.15. The van der Waals surface area contributed by atoms with Crippen LogP contribution in [0.3, 0.4) is 0 Å². The predicted octanol–water partition coefficient (Wildman–Crippen LogP) is 2.30. The number of carbonyl (C=O) groups excluding carboxylic acids is 1. The molecule has 2 aliphatic heterocycles. The van der Waals surface area contributed by atoms with Gasteiger partial charge < -0.3 is 14.4 Å². The normalized spacial score (nSPS) is 19.5. The maximum atomic E-state index is 12.7. The highest BCUT2D eigenvalue weighted by Crippen LogP contribution is 2.29. The van der Waals surface area contributed by atoms with Crippen LogP contribution in [0.5, 0.6) is 11.5 Å². The molecule has 22 heavy (non-hydrogen) atoms. The minimum absolute atomic E-state index is 0.0757. The van der Waals surface area contributed by atoms with E-state index in [4.69, 9.17) is 9.47 Å². The molecule has 1 aromatic rings. The lowest BCUT2D eigenvalue weighted by Crippen LogP contribution is -2.40. The topological polar surface area (TPSA) is 51.1 Å². The molecule has 1 atom stereocenters. The second kappa shape index (κ2) is 6.05. The second-order valence-electron chi connectivity index (χ2n) is 5.18. The van der Waals surface area contributed by atoms with Crippen molar-refractivity contribution in [1.82, 2.24) is 4.90 Å². The molecule has 0 radical (unpaired) electrons. The van der Waals surface area contributed by atoms with Crippen LogP contribution in [-0.4, -0.2) is 43.8 Å². The van der Waals surface area contributed by atoms with E-state index in [0.29, 0.717) is 30.2 Å². The van der Waals surface area contributed by atoms with Gasteiger partial charge in [0, 0.05) is 18.3 Å². The van der Waals surface area contributed by atoms with Gasteiger partial charge in [0.05, 0.1) is 26.7 Å². The summed E-state index contributed by atoms with van der Waals surface area (Å²) in [6.07, 6.45) is 7.80. The van der Waals surface area contributed by atoms with E-state index in [0.717, 1.165) is 5.84 Å². The number of ketones is 1. The third kappa shape index (κ3) is 2.62. The van der Waals surface area contributed by atoms with Crippen LogP contribution in [0.15, 0.2) is 47.6 Å². The summed E-state index contributed by atoms with van der Waals surface area (Å²) in [5.74, 6) is 2.02. The summed E-state index contributed by atoms with van der Waals surface area (Å²) < 4.78 is 10.5. The molecular weight excluding hydrogens is 280 g/mol. The number of Topliss-reactive ketones (excluding diaryl/α,β-unsaturated/α-hetero) is 1. The first kappa shape index (κ1) is 14.4. The Labute approximate surface area is 129 Å². The summed E-state index contributed by atoms with van der Waals surface area (Å²) in [4.78, 5) is 19.2. The van der Waals surface area contributed by atoms with Gasteiger partial charge in [-0.05, 0) is 30.4 Å². The number of rotatable bonds is 4. The standard InChI is InChI=1S/C17H18N2O3/c1-21-14-7-6-12(9-15(14)22-2)17(20)13-10-18-16-5-3-4-8-19(16)11-13/h3-9,13H,10-11H2,1-2H3. The number of benzene rings is 1. The van der Waals surface area contributed by atoms with Crippen molar-refractivity contribution in [2.24, 2.45) is 10.9 Å². The van der Waals surface area contributed by atoms with E-state index in [1.54, 1.807) is 32.4 Å². The summed E-state index contributed by atoms with van der Waals surface area (Å²) >= 11 is 0. The molecule has 1 unspecified atom stereocenters. The summed E-state index contributed by atoms with van der Waals surface area (Å²) in [6, 6.07) is 5.26. The van der Waals surface area contributed by atoms with Crippen molar-refractivity contribution in [2.75, 3.05) is 27.3 Å². The van der Waals surface area contributed by atoms with Gasteiger partial charge in [-0.25, -0.2) is 0 Å². The lowest BCUT2D eigenvalue weighted by molar-refractivity contribution is 0.0909. The van der Waals surface area contributed by atoms with Crippen molar-refractivity contribution in [1.29, 1.82) is 0 Å². The molecule has 1 aromatic carbocycles. The van der Waals surface area contributed by atoms with Crippen molar-refractivity contribution >= 4 is 11.6 Å². The minimum Gasteiger partial charge on any atom is -0.493 e. The number of hydrogen-bond acceptors (Lipinski definition) is 5. The van der Waals surface area contributed by atoms with Crippen LogP contribution in [-0.2, 0) is 0 Å². The number of methoxy groups -OCH3 is 2.